The Morgan fingerprint density at radius 2 is 2.30 bits per heavy atom. The molecule has 0 aliphatic heterocycles. The summed E-state index contributed by atoms with van der Waals surface area (Å²) in [4.78, 5) is 23.5. The van der Waals surface area contributed by atoms with Crippen LogP contribution in [0.3, 0.4) is 0 Å². The monoisotopic (exact) mass is 369 g/mol. The lowest BCUT2D eigenvalue weighted by atomic mass is 10.3. The minimum atomic E-state index is -0.566. The minimum Gasteiger partial charge on any atom is -0.366 e. The Bertz CT molecular complexity index is 712. The molecular weight excluding hydrogens is 354 g/mol. The molecule has 7 nitrogen and oxygen atoms in total. The Labute approximate surface area is 145 Å². The smallest absolute Gasteiger partial charge is 0.251 e. The highest BCUT2D eigenvalue weighted by atomic mass is 32.2. The van der Waals surface area contributed by atoms with Gasteiger partial charge in [-0.15, -0.1) is 28.1 Å². The van der Waals surface area contributed by atoms with Crippen LogP contribution in [-0.4, -0.2) is 33.8 Å². The minimum absolute atomic E-state index is 0.226. The highest BCUT2D eigenvalue weighted by Crippen LogP contribution is 2.30. The number of anilines is 2. The molecule has 4 N–H and O–H groups in total. The van der Waals surface area contributed by atoms with Gasteiger partial charge in [0.05, 0.1) is 10.8 Å². The van der Waals surface area contributed by atoms with Crippen molar-refractivity contribution in [3.05, 3.63) is 29.7 Å². The molecule has 2 rings (SSSR count). The van der Waals surface area contributed by atoms with E-state index >= 15 is 0 Å². The maximum Gasteiger partial charge on any atom is 0.251 e. The van der Waals surface area contributed by atoms with E-state index in [1.807, 2.05) is 0 Å². The highest BCUT2D eigenvalue weighted by Gasteiger charge is 2.20. The number of primary amides is 1. The van der Waals surface area contributed by atoms with Crippen molar-refractivity contribution in [2.45, 2.75) is 16.5 Å². The zero-order chi connectivity index (χ0) is 16.8. The van der Waals surface area contributed by atoms with Gasteiger partial charge >= 0.3 is 0 Å². The Balaban J connectivity index is 1.94. The van der Waals surface area contributed by atoms with Crippen LogP contribution in [0.5, 0.6) is 0 Å². The van der Waals surface area contributed by atoms with Crippen molar-refractivity contribution in [2.75, 3.05) is 17.2 Å². The summed E-state index contributed by atoms with van der Waals surface area (Å²) in [7, 11) is 0. The number of rotatable bonds is 8. The zero-order valence-electron chi connectivity index (χ0n) is 12.2. The summed E-state index contributed by atoms with van der Waals surface area (Å²) in [5, 5.41) is 16.2. The Morgan fingerprint density at radius 1 is 1.52 bits per heavy atom. The highest BCUT2D eigenvalue weighted by molar-refractivity contribution is 8.02. The Kier molecular flexibility index (Phi) is 6.13. The average molecular weight is 369 g/mol. The van der Waals surface area contributed by atoms with Crippen LogP contribution in [0.2, 0.25) is 0 Å². The Hall–Kier alpha value is -1.91. The summed E-state index contributed by atoms with van der Waals surface area (Å²) in [6.45, 7) is 5.97. The number of thiophene rings is 1. The largest absolute Gasteiger partial charge is 0.366 e. The molecule has 0 radical (unpaired) electrons. The number of hydrogen-bond donors (Lipinski definition) is 3. The summed E-state index contributed by atoms with van der Waals surface area (Å²) in [5.41, 5.74) is 5.57. The van der Waals surface area contributed by atoms with E-state index in [1.165, 1.54) is 34.4 Å². The van der Waals surface area contributed by atoms with Crippen molar-refractivity contribution < 1.29 is 9.59 Å². The first kappa shape index (κ1) is 17.4. The number of thioether (sulfide) groups is 1. The number of nitrogens with zero attached hydrogens (tertiary/aromatic N) is 2. The maximum atomic E-state index is 12.2. The standard InChI is InChI=1S/C13H15N5O2S3/c1-3-5-15-12-17-18-13(23-12)22-7(2)10(20)16-11-8(9(14)19)4-6-21-11/h3-4,6-7H,1,5H2,2H3,(H2,14,19)(H,15,17)(H,16,20). The van der Waals surface area contributed by atoms with E-state index in [2.05, 4.69) is 27.4 Å². The molecule has 0 spiro atoms. The lowest BCUT2D eigenvalue weighted by molar-refractivity contribution is -0.115. The molecule has 122 valence electrons. The lowest BCUT2D eigenvalue weighted by Gasteiger charge is -2.09. The van der Waals surface area contributed by atoms with Crippen molar-refractivity contribution >= 4 is 56.4 Å². The van der Waals surface area contributed by atoms with Crippen molar-refractivity contribution in [3.63, 3.8) is 0 Å². The predicted molar refractivity (Wildman–Crippen MR) is 95.4 cm³/mol. The fraction of sp³-hybridized carbons (Fsp3) is 0.231. The summed E-state index contributed by atoms with van der Waals surface area (Å²) >= 11 is 3.92. The topological polar surface area (TPSA) is 110 Å². The number of amides is 2. The molecule has 2 aromatic heterocycles. The van der Waals surface area contributed by atoms with Crippen LogP contribution in [0.4, 0.5) is 10.1 Å². The van der Waals surface area contributed by atoms with Crippen molar-refractivity contribution in [1.29, 1.82) is 0 Å². The van der Waals surface area contributed by atoms with Crippen LogP contribution < -0.4 is 16.4 Å². The lowest BCUT2D eigenvalue weighted by Crippen LogP contribution is -2.23. The summed E-state index contributed by atoms with van der Waals surface area (Å²) in [5.74, 6) is -0.792. The van der Waals surface area contributed by atoms with Crippen molar-refractivity contribution in [3.8, 4) is 0 Å². The van der Waals surface area contributed by atoms with Crippen LogP contribution in [0.15, 0.2) is 28.4 Å². The van der Waals surface area contributed by atoms with Gasteiger partial charge in [0.15, 0.2) is 4.34 Å². The van der Waals surface area contributed by atoms with Crippen molar-refractivity contribution in [2.24, 2.45) is 5.73 Å². The third-order valence-electron chi connectivity index (χ3n) is 2.62. The second kappa shape index (κ2) is 8.09. The average Bonchev–Trinajstić information content (AvgIpc) is 3.14. The number of hydrogen-bond acceptors (Lipinski definition) is 8. The van der Waals surface area contributed by atoms with E-state index in [-0.39, 0.29) is 5.91 Å². The third kappa shape index (κ3) is 4.78. The molecule has 23 heavy (non-hydrogen) atoms. The molecule has 2 amide bonds. The van der Waals surface area contributed by atoms with Gasteiger partial charge in [0.2, 0.25) is 11.0 Å². The molecule has 0 saturated heterocycles. The van der Waals surface area contributed by atoms with Gasteiger partial charge in [-0.1, -0.05) is 29.2 Å². The van der Waals surface area contributed by atoms with Gasteiger partial charge in [-0.3, -0.25) is 9.59 Å². The third-order valence-corrected chi connectivity index (χ3v) is 5.51. The number of nitrogens with one attached hydrogen (secondary N) is 2. The number of nitrogens with two attached hydrogens (primary N) is 1. The van der Waals surface area contributed by atoms with Gasteiger partial charge in [-0.2, -0.15) is 0 Å². The summed E-state index contributed by atoms with van der Waals surface area (Å²) in [6.07, 6.45) is 1.72. The fourth-order valence-corrected chi connectivity index (χ4v) is 4.20. The molecule has 2 aromatic rings. The van der Waals surface area contributed by atoms with E-state index in [0.717, 1.165) is 0 Å². The van der Waals surface area contributed by atoms with Gasteiger partial charge in [0, 0.05) is 6.54 Å². The molecule has 1 atom stereocenters. The van der Waals surface area contributed by atoms with Crippen LogP contribution in [0, 0.1) is 0 Å². The number of aromatic nitrogens is 2. The molecule has 0 aliphatic carbocycles. The zero-order valence-corrected chi connectivity index (χ0v) is 14.7. The van der Waals surface area contributed by atoms with Crippen LogP contribution in [0.25, 0.3) is 0 Å². The van der Waals surface area contributed by atoms with Crippen LogP contribution in [-0.2, 0) is 4.79 Å². The molecule has 0 aliphatic rings. The summed E-state index contributed by atoms with van der Waals surface area (Å²) < 4.78 is 0.681. The molecule has 2 heterocycles. The first-order chi connectivity index (χ1) is 11.0. The molecule has 0 fully saturated rings. The van der Waals surface area contributed by atoms with E-state index in [1.54, 1.807) is 24.4 Å². The van der Waals surface area contributed by atoms with Gasteiger partial charge in [-0.05, 0) is 18.4 Å². The Morgan fingerprint density at radius 3 is 3.00 bits per heavy atom. The number of carbonyl (C=O) groups excluding carboxylic acids is 2. The van der Waals surface area contributed by atoms with E-state index < -0.39 is 11.2 Å². The molecule has 0 saturated carbocycles. The molecule has 0 aromatic carbocycles. The number of carbonyl (C=O) groups is 2. The predicted octanol–water partition coefficient (Wildman–Crippen LogP) is 2.42. The van der Waals surface area contributed by atoms with E-state index in [0.29, 0.717) is 26.6 Å². The maximum absolute atomic E-state index is 12.2. The molecular formula is C13H15N5O2S3. The van der Waals surface area contributed by atoms with Crippen LogP contribution in [0.1, 0.15) is 17.3 Å². The molecule has 10 heteroatoms. The first-order valence-corrected chi connectivity index (χ1v) is 9.12. The van der Waals surface area contributed by atoms with Crippen molar-refractivity contribution in [1.82, 2.24) is 10.2 Å². The van der Waals surface area contributed by atoms with Gasteiger partial charge in [0.1, 0.15) is 5.00 Å². The molecule has 1 unspecified atom stereocenters. The van der Waals surface area contributed by atoms with Crippen LogP contribution >= 0.6 is 34.4 Å². The SMILES string of the molecule is C=CCNc1nnc(SC(C)C(=O)Nc2sccc2C(N)=O)s1. The van der Waals surface area contributed by atoms with Gasteiger partial charge in [0.25, 0.3) is 5.91 Å². The van der Waals surface area contributed by atoms with E-state index in [9.17, 15) is 9.59 Å². The summed E-state index contributed by atoms with van der Waals surface area (Å²) in [6, 6.07) is 1.59. The molecule has 0 bridgehead atoms. The normalized spacial score (nSPS) is 11.7. The quantitative estimate of drug-likeness (QED) is 0.487. The second-order valence-electron chi connectivity index (χ2n) is 4.32. The van der Waals surface area contributed by atoms with Gasteiger partial charge < -0.3 is 16.4 Å². The van der Waals surface area contributed by atoms with Gasteiger partial charge in [-0.25, -0.2) is 0 Å². The van der Waals surface area contributed by atoms with E-state index in [4.69, 9.17) is 5.73 Å². The first-order valence-electron chi connectivity index (χ1n) is 6.54. The fourth-order valence-electron chi connectivity index (χ4n) is 1.51. The second-order valence-corrected chi connectivity index (χ2v) is 7.80.